The van der Waals surface area contributed by atoms with Crippen molar-refractivity contribution in [1.82, 2.24) is 10.2 Å². The normalized spacial score (nSPS) is 32.7. The molecular weight excluding hydrogens is 248 g/mol. The largest absolute Gasteiger partial charge is 0.381 e. The molecule has 0 spiro atoms. The molecule has 3 heteroatoms. The highest BCUT2D eigenvalue weighted by Crippen LogP contribution is 2.28. The summed E-state index contributed by atoms with van der Waals surface area (Å²) in [6.07, 6.45) is 8.53. The summed E-state index contributed by atoms with van der Waals surface area (Å²) >= 11 is 0. The Hall–Kier alpha value is -0.120. The Balaban J connectivity index is 1.74. The fourth-order valence-electron chi connectivity index (χ4n) is 3.84. The molecule has 0 aromatic heterocycles. The van der Waals surface area contributed by atoms with Gasteiger partial charge in [0.1, 0.15) is 0 Å². The van der Waals surface area contributed by atoms with Crippen molar-refractivity contribution < 1.29 is 4.74 Å². The van der Waals surface area contributed by atoms with E-state index < -0.39 is 0 Å². The number of hydrogen-bond donors (Lipinski definition) is 1. The van der Waals surface area contributed by atoms with Crippen molar-refractivity contribution in [2.45, 2.75) is 64.5 Å². The van der Waals surface area contributed by atoms with E-state index in [-0.39, 0.29) is 0 Å². The van der Waals surface area contributed by atoms with Gasteiger partial charge in [0.05, 0.1) is 6.10 Å². The van der Waals surface area contributed by atoms with Crippen LogP contribution >= 0.6 is 0 Å². The minimum Gasteiger partial charge on any atom is -0.381 e. The first-order valence-corrected chi connectivity index (χ1v) is 8.66. The van der Waals surface area contributed by atoms with Gasteiger partial charge in [0.15, 0.2) is 0 Å². The molecule has 3 atom stereocenters. The van der Waals surface area contributed by atoms with Gasteiger partial charge in [-0.05, 0) is 70.0 Å². The average molecular weight is 282 g/mol. The number of ether oxygens (including phenoxy) is 1. The van der Waals surface area contributed by atoms with Gasteiger partial charge in [0, 0.05) is 19.7 Å². The first kappa shape index (κ1) is 16.3. The summed E-state index contributed by atoms with van der Waals surface area (Å²) in [5.74, 6) is 1.61. The first-order valence-electron chi connectivity index (χ1n) is 8.66. The molecule has 2 rings (SSSR count). The summed E-state index contributed by atoms with van der Waals surface area (Å²) in [5, 5.41) is 3.65. The van der Waals surface area contributed by atoms with E-state index in [2.05, 4.69) is 24.1 Å². The molecular formula is C17H34N2O. The van der Waals surface area contributed by atoms with Crippen LogP contribution in [0.4, 0.5) is 0 Å². The third-order valence-corrected chi connectivity index (χ3v) is 4.98. The van der Waals surface area contributed by atoms with E-state index in [1.54, 1.807) is 0 Å². The lowest BCUT2D eigenvalue weighted by atomic mass is 9.88. The second-order valence-corrected chi connectivity index (χ2v) is 7.23. The van der Waals surface area contributed by atoms with Crippen molar-refractivity contribution in [3.63, 3.8) is 0 Å². The van der Waals surface area contributed by atoms with Gasteiger partial charge in [-0.3, -0.25) is 4.90 Å². The zero-order chi connectivity index (χ0) is 14.4. The molecule has 1 heterocycles. The quantitative estimate of drug-likeness (QED) is 0.811. The minimum atomic E-state index is 0.508. The topological polar surface area (TPSA) is 24.5 Å². The van der Waals surface area contributed by atoms with Crippen LogP contribution in [-0.4, -0.2) is 50.3 Å². The zero-order valence-corrected chi connectivity index (χ0v) is 13.7. The van der Waals surface area contributed by atoms with Crippen LogP contribution in [0.1, 0.15) is 52.4 Å². The molecule has 1 aliphatic heterocycles. The van der Waals surface area contributed by atoms with Crippen molar-refractivity contribution in [1.29, 1.82) is 0 Å². The van der Waals surface area contributed by atoms with E-state index in [0.717, 1.165) is 24.4 Å². The van der Waals surface area contributed by atoms with Crippen molar-refractivity contribution in [3.8, 4) is 0 Å². The van der Waals surface area contributed by atoms with Crippen LogP contribution in [0.5, 0.6) is 0 Å². The highest BCUT2D eigenvalue weighted by atomic mass is 16.5. The molecule has 0 amide bonds. The molecule has 118 valence electrons. The SMILES string of the molecule is COC1CCCC(N2CCCC(CNCC(C)C)C2)C1. The van der Waals surface area contributed by atoms with Crippen LogP contribution in [0.25, 0.3) is 0 Å². The van der Waals surface area contributed by atoms with Gasteiger partial charge in [0.25, 0.3) is 0 Å². The number of hydrogen-bond acceptors (Lipinski definition) is 3. The van der Waals surface area contributed by atoms with Crippen LogP contribution < -0.4 is 5.32 Å². The molecule has 0 aromatic carbocycles. The number of nitrogens with one attached hydrogen (secondary N) is 1. The molecule has 0 aromatic rings. The number of rotatable bonds is 6. The van der Waals surface area contributed by atoms with E-state index in [9.17, 15) is 0 Å². The second kappa shape index (κ2) is 8.35. The van der Waals surface area contributed by atoms with Crippen LogP contribution in [-0.2, 0) is 4.74 Å². The van der Waals surface area contributed by atoms with E-state index in [1.807, 2.05) is 7.11 Å². The summed E-state index contributed by atoms with van der Waals surface area (Å²) in [7, 11) is 1.88. The molecule has 1 N–H and O–H groups in total. The summed E-state index contributed by atoms with van der Waals surface area (Å²) in [6.45, 7) is 9.54. The standard InChI is InChI=1S/C17H34N2O/c1-14(2)11-18-12-15-6-5-9-19(13-15)16-7-4-8-17(10-16)20-3/h14-18H,4-13H2,1-3H3. The maximum absolute atomic E-state index is 5.59. The average Bonchev–Trinajstić information content (AvgIpc) is 2.47. The second-order valence-electron chi connectivity index (χ2n) is 7.23. The van der Waals surface area contributed by atoms with Crippen LogP contribution in [0, 0.1) is 11.8 Å². The smallest absolute Gasteiger partial charge is 0.0586 e. The van der Waals surface area contributed by atoms with Crippen LogP contribution in [0.3, 0.4) is 0 Å². The Kier molecular flexibility index (Phi) is 6.79. The lowest BCUT2D eigenvalue weighted by Gasteiger charge is -2.41. The van der Waals surface area contributed by atoms with Gasteiger partial charge in [-0.1, -0.05) is 13.8 Å². The van der Waals surface area contributed by atoms with Gasteiger partial charge in [-0.25, -0.2) is 0 Å². The Morgan fingerprint density at radius 3 is 2.80 bits per heavy atom. The molecule has 2 aliphatic rings. The van der Waals surface area contributed by atoms with Crippen molar-refractivity contribution in [2.24, 2.45) is 11.8 Å². The third kappa shape index (κ3) is 5.01. The zero-order valence-electron chi connectivity index (χ0n) is 13.7. The third-order valence-electron chi connectivity index (χ3n) is 4.98. The lowest BCUT2D eigenvalue weighted by Crippen LogP contribution is -2.47. The lowest BCUT2D eigenvalue weighted by molar-refractivity contribution is 0.0150. The summed E-state index contributed by atoms with van der Waals surface area (Å²) in [4.78, 5) is 2.76. The maximum atomic E-state index is 5.59. The molecule has 1 saturated heterocycles. The van der Waals surface area contributed by atoms with E-state index in [0.29, 0.717) is 6.10 Å². The Labute approximate surface area is 125 Å². The minimum absolute atomic E-state index is 0.508. The molecule has 0 radical (unpaired) electrons. The van der Waals surface area contributed by atoms with Gasteiger partial charge >= 0.3 is 0 Å². The maximum Gasteiger partial charge on any atom is 0.0586 e. The van der Waals surface area contributed by atoms with Crippen LogP contribution in [0.2, 0.25) is 0 Å². The fourth-order valence-corrected chi connectivity index (χ4v) is 3.84. The molecule has 20 heavy (non-hydrogen) atoms. The number of likely N-dealkylation sites (tertiary alicyclic amines) is 1. The predicted molar refractivity (Wildman–Crippen MR) is 85.1 cm³/mol. The van der Waals surface area contributed by atoms with Crippen molar-refractivity contribution in [2.75, 3.05) is 33.3 Å². The van der Waals surface area contributed by atoms with E-state index in [4.69, 9.17) is 4.74 Å². The van der Waals surface area contributed by atoms with Crippen LogP contribution in [0.15, 0.2) is 0 Å². The van der Waals surface area contributed by atoms with E-state index in [1.165, 1.54) is 58.2 Å². The summed E-state index contributed by atoms with van der Waals surface area (Å²) in [5.41, 5.74) is 0. The number of methoxy groups -OCH3 is 1. The van der Waals surface area contributed by atoms with Gasteiger partial charge in [-0.2, -0.15) is 0 Å². The highest BCUT2D eigenvalue weighted by Gasteiger charge is 2.30. The first-order chi connectivity index (χ1) is 9.69. The molecule has 3 nitrogen and oxygen atoms in total. The summed E-state index contributed by atoms with van der Waals surface area (Å²) < 4.78 is 5.59. The monoisotopic (exact) mass is 282 g/mol. The molecule has 2 fully saturated rings. The Morgan fingerprint density at radius 1 is 1.20 bits per heavy atom. The Bertz CT molecular complexity index is 270. The van der Waals surface area contributed by atoms with Gasteiger partial charge in [-0.15, -0.1) is 0 Å². The molecule has 1 aliphatic carbocycles. The Morgan fingerprint density at radius 2 is 2.05 bits per heavy atom. The van der Waals surface area contributed by atoms with Crippen molar-refractivity contribution in [3.05, 3.63) is 0 Å². The molecule has 3 unspecified atom stereocenters. The molecule has 1 saturated carbocycles. The fraction of sp³-hybridized carbons (Fsp3) is 1.00. The number of piperidine rings is 1. The summed E-state index contributed by atoms with van der Waals surface area (Å²) in [6, 6.07) is 0.779. The van der Waals surface area contributed by atoms with E-state index >= 15 is 0 Å². The molecule has 0 bridgehead atoms. The van der Waals surface area contributed by atoms with Crippen molar-refractivity contribution >= 4 is 0 Å². The van der Waals surface area contributed by atoms with Gasteiger partial charge < -0.3 is 10.1 Å². The van der Waals surface area contributed by atoms with Gasteiger partial charge in [0.2, 0.25) is 0 Å². The predicted octanol–water partition coefficient (Wildman–Crippen LogP) is 2.90. The number of nitrogens with zero attached hydrogens (tertiary/aromatic N) is 1. The highest BCUT2D eigenvalue weighted by molar-refractivity contribution is 4.85.